The number of hydrogen-bond donors (Lipinski definition) is 1. The van der Waals surface area contributed by atoms with Crippen LogP contribution in [0.4, 0.5) is 11.4 Å². The monoisotopic (exact) mass is 467 g/mol. The number of halogens is 1. The van der Waals surface area contributed by atoms with Crippen LogP contribution in [0.3, 0.4) is 0 Å². The number of carbonyl (C=O) groups is 1. The SMILES string of the molecule is CCOc1ccc(N=C2NC(=O)/C(=C/c3cc4c(cc3Cl)N(C)C(C)(C)C=C4C)S2)cc1. The van der Waals surface area contributed by atoms with Gasteiger partial charge in [0.25, 0.3) is 5.91 Å². The Bertz CT molecular complexity index is 1170. The van der Waals surface area contributed by atoms with Gasteiger partial charge in [-0.05, 0) is 93.1 Å². The Hall–Kier alpha value is -2.70. The summed E-state index contributed by atoms with van der Waals surface area (Å²) in [5.41, 5.74) is 4.87. The van der Waals surface area contributed by atoms with E-state index in [4.69, 9.17) is 16.3 Å². The molecular formula is C25H26ClN3O2S. The first-order chi connectivity index (χ1) is 15.2. The smallest absolute Gasteiger partial charge is 0.264 e. The molecule has 166 valence electrons. The van der Waals surface area contributed by atoms with Crippen LogP contribution in [0, 0.1) is 0 Å². The molecule has 5 nitrogen and oxygen atoms in total. The Morgan fingerprint density at radius 1 is 1.25 bits per heavy atom. The lowest BCUT2D eigenvalue weighted by Crippen LogP contribution is -2.42. The van der Waals surface area contributed by atoms with E-state index < -0.39 is 0 Å². The van der Waals surface area contributed by atoms with Gasteiger partial charge in [0.05, 0.1) is 22.7 Å². The number of amides is 1. The summed E-state index contributed by atoms with van der Waals surface area (Å²) in [5, 5.41) is 3.98. The number of benzene rings is 2. The highest BCUT2D eigenvalue weighted by atomic mass is 35.5. The van der Waals surface area contributed by atoms with E-state index in [0.717, 1.165) is 28.3 Å². The maximum Gasteiger partial charge on any atom is 0.264 e. The standard InChI is InChI=1S/C25H26ClN3O2S/c1-6-31-18-9-7-17(8-10-18)27-24-28-23(30)22(32-24)12-16-11-19-15(2)14-25(3,4)29(5)21(19)13-20(16)26/h7-14H,6H2,1-5H3,(H,27,28,30)/b22-12-. The van der Waals surface area contributed by atoms with Crippen LogP contribution in [0.5, 0.6) is 5.75 Å². The Morgan fingerprint density at radius 3 is 2.66 bits per heavy atom. The second kappa shape index (κ2) is 8.68. The van der Waals surface area contributed by atoms with Crippen LogP contribution in [-0.2, 0) is 4.79 Å². The molecule has 7 heteroatoms. The van der Waals surface area contributed by atoms with Crippen molar-refractivity contribution in [1.82, 2.24) is 5.32 Å². The lowest BCUT2D eigenvalue weighted by molar-refractivity contribution is -0.115. The van der Waals surface area contributed by atoms with Gasteiger partial charge in [-0.15, -0.1) is 0 Å². The molecule has 0 unspecified atom stereocenters. The Kier molecular flexibility index (Phi) is 6.10. The number of nitrogens with zero attached hydrogens (tertiary/aromatic N) is 2. The molecule has 0 radical (unpaired) electrons. The van der Waals surface area contributed by atoms with E-state index in [1.807, 2.05) is 43.3 Å². The molecule has 0 aromatic heterocycles. The van der Waals surface area contributed by atoms with E-state index in [0.29, 0.717) is 21.7 Å². The van der Waals surface area contributed by atoms with Crippen LogP contribution < -0.4 is 15.0 Å². The number of aliphatic imine (C=N–C) groups is 1. The first-order valence-electron chi connectivity index (χ1n) is 10.5. The molecule has 1 amide bonds. The predicted octanol–water partition coefficient (Wildman–Crippen LogP) is 6.26. The zero-order chi connectivity index (χ0) is 23.0. The number of rotatable bonds is 4. The molecule has 2 heterocycles. The zero-order valence-corrected chi connectivity index (χ0v) is 20.4. The van der Waals surface area contributed by atoms with Crippen molar-refractivity contribution in [3.05, 3.63) is 63.5 Å². The third kappa shape index (κ3) is 4.43. The minimum Gasteiger partial charge on any atom is -0.494 e. The van der Waals surface area contributed by atoms with Crippen molar-refractivity contribution in [1.29, 1.82) is 0 Å². The lowest BCUT2D eigenvalue weighted by atomic mass is 9.88. The van der Waals surface area contributed by atoms with Crippen molar-refractivity contribution in [3.8, 4) is 5.75 Å². The number of ether oxygens (including phenoxy) is 1. The number of thioether (sulfide) groups is 1. The van der Waals surface area contributed by atoms with Gasteiger partial charge < -0.3 is 15.0 Å². The highest BCUT2D eigenvalue weighted by molar-refractivity contribution is 8.18. The van der Waals surface area contributed by atoms with Gasteiger partial charge in [0, 0.05) is 23.3 Å². The van der Waals surface area contributed by atoms with Crippen molar-refractivity contribution in [2.24, 2.45) is 4.99 Å². The summed E-state index contributed by atoms with van der Waals surface area (Å²) >= 11 is 7.93. The summed E-state index contributed by atoms with van der Waals surface area (Å²) in [6.45, 7) is 9.01. The Balaban J connectivity index is 1.61. The molecule has 0 spiro atoms. The molecule has 1 N–H and O–H groups in total. The minimum atomic E-state index is -0.181. The van der Waals surface area contributed by atoms with Gasteiger partial charge in [0.15, 0.2) is 5.17 Å². The quantitative estimate of drug-likeness (QED) is 0.539. The van der Waals surface area contributed by atoms with Gasteiger partial charge in [0.2, 0.25) is 0 Å². The van der Waals surface area contributed by atoms with E-state index in [2.05, 4.69) is 55.2 Å². The van der Waals surface area contributed by atoms with E-state index >= 15 is 0 Å². The van der Waals surface area contributed by atoms with Crippen LogP contribution >= 0.6 is 23.4 Å². The summed E-state index contributed by atoms with van der Waals surface area (Å²) in [7, 11) is 2.07. The van der Waals surface area contributed by atoms with E-state index in [-0.39, 0.29) is 11.4 Å². The fraction of sp³-hybridized carbons (Fsp3) is 0.280. The molecule has 0 atom stereocenters. The molecule has 1 fully saturated rings. The van der Waals surface area contributed by atoms with Crippen LogP contribution in [-0.4, -0.2) is 30.3 Å². The van der Waals surface area contributed by atoms with Crippen LogP contribution in [0.2, 0.25) is 5.02 Å². The fourth-order valence-corrected chi connectivity index (χ4v) is 4.87. The third-order valence-corrected chi connectivity index (χ3v) is 6.89. The highest BCUT2D eigenvalue weighted by Gasteiger charge is 2.30. The molecule has 0 aliphatic carbocycles. The molecule has 1 saturated heterocycles. The van der Waals surface area contributed by atoms with Gasteiger partial charge in [0.1, 0.15) is 5.75 Å². The number of anilines is 1. The number of fused-ring (bicyclic) bond motifs is 1. The molecule has 2 aromatic carbocycles. The molecule has 4 rings (SSSR count). The summed E-state index contributed by atoms with van der Waals surface area (Å²) in [6, 6.07) is 11.5. The van der Waals surface area contributed by atoms with Gasteiger partial charge in [-0.1, -0.05) is 17.7 Å². The van der Waals surface area contributed by atoms with Crippen molar-refractivity contribution >= 4 is 57.5 Å². The topological polar surface area (TPSA) is 53.9 Å². The van der Waals surface area contributed by atoms with E-state index in [1.165, 1.54) is 17.3 Å². The van der Waals surface area contributed by atoms with Gasteiger partial charge >= 0.3 is 0 Å². The van der Waals surface area contributed by atoms with Crippen molar-refractivity contribution < 1.29 is 9.53 Å². The van der Waals surface area contributed by atoms with Crippen LogP contribution in [0.1, 0.15) is 38.8 Å². The van der Waals surface area contributed by atoms with Gasteiger partial charge in [-0.25, -0.2) is 4.99 Å². The van der Waals surface area contributed by atoms with Crippen LogP contribution in [0.25, 0.3) is 11.6 Å². The molecular weight excluding hydrogens is 442 g/mol. The maximum atomic E-state index is 12.6. The molecule has 2 aliphatic rings. The molecule has 0 bridgehead atoms. The summed E-state index contributed by atoms with van der Waals surface area (Å²) in [6.07, 6.45) is 4.08. The normalized spacial score (nSPS) is 19.8. The maximum absolute atomic E-state index is 12.6. The molecule has 2 aliphatic heterocycles. The summed E-state index contributed by atoms with van der Waals surface area (Å²) in [5.74, 6) is 0.611. The number of allylic oxidation sites excluding steroid dienone is 1. The number of likely N-dealkylation sites (N-methyl/N-ethyl adjacent to an activating group) is 1. The first-order valence-corrected chi connectivity index (χ1v) is 11.7. The van der Waals surface area contributed by atoms with Crippen molar-refractivity contribution in [2.75, 3.05) is 18.6 Å². The average molecular weight is 468 g/mol. The number of amidine groups is 1. The van der Waals surface area contributed by atoms with Crippen molar-refractivity contribution in [3.63, 3.8) is 0 Å². The van der Waals surface area contributed by atoms with Crippen molar-refractivity contribution in [2.45, 2.75) is 33.2 Å². The first kappa shape index (κ1) is 22.5. The lowest BCUT2D eigenvalue weighted by Gasteiger charge is -2.40. The second-order valence-electron chi connectivity index (χ2n) is 8.34. The summed E-state index contributed by atoms with van der Waals surface area (Å²) < 4.78 is 5.46. The number of carbonyl (C=O) groups excluding carboxylic acids is 1. The Morgan fingerprint density at radius 2 is 1.97 bits per heavy atom. The zero-order valence-electron chi connectivity index (χ0n) is 18.8. The van der Waals surface area contributed by atoms with Crippen LogP contribution in [0.15, 0.2) is 52.4 Å². The van der Waals surface area contributed by atoms with E-state index in [1.54, 1.807) is 0 Å². The highest BCUT2D eigenvalue weighted by Crippen LogP contribution is 2.41. The predicted molar refractivity (Wildman–Crippen MR) is 136 cm³/mol. The fourth-order valence-electron chi connectivity index (χ4n) is 3.82. The largest absolute Gasteiger partial charge is 0.494 e. The number of hydrogen-bond acceptors (Lipinski definition) is 5. The number of nitrogens with one attached hydrogen (secondary N) is 1. The molecule has 32 heavy (non-hydrogen) atoms. The van der Waals surface area contributed by atoms with E-state index in [9.17, 15) is 4.79 Å². The Labute approximate surface area is 198 Å². The third-order valence-electron chi connectivity index (χ3n) is 5.65. The van der Waals surface area contributed by atoms with Gasteiger partial charge in [-0.2, -0.15) is 0 Å². The minimum absolute atomic E-state index is 0.0895. The second-order valence-corrected chi connectivity index (χ2v) is 9.78. The summed E-state index contributed by atoms with van der Waals surface area (Å²) in [4.78, 5) is 19.9. The molecule has 2 aromatic rings. The van der Waals surface area contributed by atoms with Gasteiger partial charge in [-0.3, -0.25) is 4.79 Å². The average Bonchev–Trinajstić information content (AvgIpc) is 3.07. The molecule has 0 saturated carbocycles.